The lowest BCUT2D eigenvalue weighted by molar-refractivity contribution is -0.182. The second-order valence-corrected chi connectivity index (χ2v) is 6.88. The summed E-state index contributed by atoms with van der Waals surface area (Å²) in [7, 11) is -2.53. The molecule has 1 aliphatic heterocycles. The van der Waals surface area contributed by atoms with Crippen LogP contribution in [0.15, 0.2) is 0 Å². The Kier molecular flexibility index (Phi) is 9.18. The molecule has 0 saturated carbocycles. The summed E-state index contributed by atoms with van der Waals surface area (Å²) in [5.41, 5.74) is 0. The zero-order valence-electron chi connectivity index (χ0n) is 12.7. The molecule has 1 rings (SSSR count). The van der Waals surface area contributed by atoms with Crippen LogP contribution in [0.5, 0.6) is 0 Å². The first-order valence-corrected chi connectivity index (χ1v) is 8.35. The molecule has 0 aromatic rings. The molecule has 0 spiro atoms. The Labute approximate surface area is 136 Å². The molecule has 0 amide bonds. The van der Waals surface area contributed by atoms with Gasteiger partial charge in [0.25, 0.3) is 10.2 Å². The molecule has 134 valence electrons. The second-order valence-electron chi connectivity index (χ2n) is 5.02. The lowest BCUT2D eigenvalue weighted by atomic mass is 10.2. The molecule has 0 bridgehead atoms. The van der Waals surface area contributed by atoms with Crippen LogP contribution in [0.4, 0.5) is 13.2 Å². The van der Waals surface area contributed by atoms with Crippen LogP contribution in [0.3, 0.4) is 0 Å². The Hall–Kier alpha value is -0.130. The van der Waals surface area contributed by atoms with Gasteiger partial charge in [0.1, 0.15) is 6.04 Å². The van der Waals surface area contributed by atoms with Gasteiger partial charge in [-0.05, 0) is 6.42 Å². The van der Waals surface area contributed by atoms with E-state index in [9.17, 15) is 21.6 Å². The number of nitrogens with one attached hydrogen (secondary N) is 2. The van der Waals surface area contributed by atoms with Crippen molar-refractivity contribution in [2.24, 2.45) is 0 Å². The Morgan fingerprint density at radius 3 is 2.32 bits per heavy atom. The normalized spacial score (nSPS) is 19.0. The van der Waals surface area contributed by atoms with Crippen molar-refractivity contribution < 1.29 is 21.6 Å². The smallest absolute Gasteiger partial charge is 0.314 e. The molecule has 22 heavy (non-hydrogen) atoms. The summed E-state index contributed by atoms with van der Waals surface area (Å²) in [6.45, 7) is 2.82. The maximum atomic E-state index is 13.1. The Morgan fingerprint density at radius 2 is 1.86 bits per heavy atom. The number of halogens is 4. The van der Waals surface area contributed by atoms with E-state index in [0.29, 0.717) is 19.5 Å². The highest BCUT2D eigenvalue weighted by Gasteiger charge is 2.44. The van der Waals surface area contributed by atoms with Crippen molar-refractivity contribution in [2.45, 2.75) is 25.6 Å². The van der Waals surface area contributed by atoms with Crippen molar-refractivity contribution in [3.05, 3.63) is 0 Å². The zero-order chi connectivity index (χ0) is 16.1. The summed E-state index contributed by atoms with van der Waals surface area (Å²) in [6.07, 6.45) is -3.87. The predicted molar refractivity (Wildman–Crippen MR) is 81.4 cm³/mol. The molecule has 1 unspecified atom stereocenters. The molecule has 1 saturated heterocycles. The monoisotopic (exact) mass is 368 g/mol. The number of alkyl halides is 3. The average Bonchev–Trinajstić information content (AvgIpc) is 2.38. The minimum atomic E-state index is -4.47. The van der Waals surface area contributed by atoms with Crippen LogP contribution in [0.25, 0.3) is 0 Å². The van der Waals surface area contributed by atoms with E-state index >= 15 is 0 Å². The summed E-state index contributed by atoms with van der Waals surface area (Å²) in [6, 6.07) is -1.80. The predicted octanol–water partition coefficient (Wildman–Crippen LogP) is 0.421. The van der Waals surface area contributed by atoms with Gasteiger partial charge in [0.2, 0.25) is 0 Å². The Morgan fingerprint density at radius 1 is 1.32 bits per heavy atom. The van der Waals surface area contributed by atoms with Gasteiger partial charge >= 0.3 is 6.18 Å². The first kappa shape index (κ1) is 21.9. The fraction of sp³-hybridized carbons (Fsp3) is 1.00. The van der Waals surface area contributed by atoms with E-state index in [2.05, 4.69) is 10.0 Å². The number of nitrogens with zero attached hydrogens (tertiary/aromatic N) is 2. The van der Waals surface area contributed by atoms with Gasteiger partial charge < -0.3 is 5.32 Å². The highest BCUT2D eigenvalue weighted by Crippen LogP contribution is 2.25. The largest absolute Gasteiger partial charge is 0.405 e. The summed E-state index contributed by atoms with van der Waals surface area (Å²) >= 11 is 0. The lowest BCUT2D eigenvalue weighted by Gasteiger charge is -2.36. The molecule has 0 radical (unpaired) electrons. The number of piperazine rings is 1. The van der Waals surface area contributed by atoms with Gasteiger partial charge in [0.05, 0.1) is 0 Å². The molecule has 0 aromatic carbocycles. The molecule has 1 atom stereocenters. The van der Waals surface area contributed by atoms with E-state index in [4.69, 9.17) is 0 Å². The maximum absolute atomic E-state index is 13.1. The highest BCUT2D eigenvalue weighted by atomic mass is 35.5. The molecule has 11 heteroatoms. The molecule has 1 aliphatic rings. The van der Waals surface area contributed by atoms with Crippen molar-refractivity contribution in [2.75, 3.05) is 46.3 Å². The minimum absolute atomic E-state index is 0. The van der Waals surface area contributed by atoms with Gasteiger partial charge in [0, 0.05) is 46.3 Å². The highest BCUT2D eigenvalue weighted by molar-refractivity contribution is 7.87. The van der Waals surface area contributed by atoms with Crippen molar-refractivity contribution in [3.63, 3.8) is 0 Å². The van der Waals surface area contributed by atoms with Crippen molar-refractivity contribution in [1.82, 2.24) is 19.2 Å². The summed E-state index contributed by atoms with van der Waals surface area (Å²) in [4.78, 5) is 1.26. The first-order chi connectivity index (χ1) is 9.68. The number of hydrogen-bond donors (Lipinski definition) is 2. The van der Waals surface area contributed by atoms with Crippen molar-refractivity contribution >= 4 is 22.6 Å². The van der Waals surface area contributed by atoms with Gasteiger partial charge in [-0.1, -0.05) is 6.92 Å². The van der Waals surface area contributed by atoms with E-state index in [1.807, 2.05) is 0 Å². The van der Waals surface area contributed by atoms with Gasteiger partial charge in [-0.2, -0.15) is 25.9 Å². The molecule has 0 aromatic heterocycles. The van der Waals surface area contributed by atoms with E-state index in [0.717, 1.165) is 4.31 Å². The maximum Gasteiger partial charge on any atom is 0.405 e. The topological polar surface area (TPSA) is 64.7 Å². The number of rotatable bonds is 7. The number of hydrogen-bond acceptors (Lipinski definition) is 4. The van der Waals surface area contributed by atoms with Crippen LogP contribution in [0, 0.1) is 0 Å². The second kappa shape index (κ2) is 9.24. The van der Waals surface area contributed by atoms with Crippen LogP contribution in [-0.4, -0.2) is 76.2 Å². The van der Waals surface area contributed by atoms with E-state index < -0.39 is 29.0 Å². The van der Waals surface area contributed by atoms with Crippen LogP contribution in [0.2, 0.25) is 0 Å². The van der Waals surface area contributed by atoms with Crippen molar-refractivity contribution in [1.29, 1.82) is 0 Å². The third kappa shape index (κ3) is 6.55. The third-order valence-electron chi connectivity index (χ3n) is 3.38. The molecular formula is C11H24ClF3N4O2S. The average molecular weight is 369 g/mol. The minimum Gasteiger partial charge on any atom is -0.314 e. The first-order valence-electron chi connectivity index (χ1n) is 6.91. The van der Waals surface area contributed by atoms with Gasteiger partial charge in [-0.25, -0.2) is 4.72 Å². The summed E-state index contributed by atoms with van der Waals surface area (Å²) in [5, 5.41) is 2.97. The molecule has 2 N–H and O–H groups in total. The SMILES string of the molecule is CCCN(C)S(=O)(=O)NCC(N1CCNCC1)C(F)(F)F.Cl. The molecular weight excluding hydrogens is 345 g/mol. The van der Waals surface area contributed by atoms with Crippen LogP contribution < -0.4 is 10.0 Å². The van der Waals surface area contributed by atoms with E-state index in [-0.39, 0.29) is 32.0 Å². The van der Waals surface area contributed by atoms with Gasteiger partial charge in [0.15, 0.2) is 0 Å². The molecule has 1 fully saturated rings. The summed E-state index contributed by atoms with van der Waals surface area (Å²) in [5.74, 6) is 0. The Bertz CT molecular complexity index is 416. The standard InChI is InChI=1S/C11H23F3N4O2S.ClH/c1-3-6-17(2)21(19,20)16-9-10(11(12,13)14)18-7-4-15-5-8-18;/h10,15-16H,3-9H2,1-2H3;1H. The zero-order valence-corrected chi connectivity index (χ0v) is 14.3. The fourth-order valence-electron chi connectivity index (χ4n) is 2.18. The van der Waals surface area contributed by atoms with E-state index in [1.54, 1.807) is 6.92 Å². The fourth-order valence-corrected chi connectivity index (χ4v) is 3.19. The summed E-state index contributed by atoms with van der Waals surface area (Å²) < 4.78 is 66.1. The quantitative estimate of drug-likeness (QED) is 0.683. The van der Waals surface area contributed by atoms with Crippen LogP contribution >= 0.6 is 12.4 Å². The lowest BCUT2D eigenvalue weighted by Crippen LogP contribution is -2.58. The Balaban J connectivity index is 0.00000441. The molecule has 6 nitrogen and oxygen atoms in total. The van der Waals surface area contributed by atoms with E-state index in [1.165, 1.54) is 11.9 Å². The van der Waals surface area contributed by atoms with Crippen molar-refractivity contribution in [3.8, 4) is 0 Å². The van der Waals surface area contributed by atoms with Gasteiger partial charge in [-0.15, -0.1) is 12.4 Å². The van der Waals surface area contributed by atoms with Crippen LogP contribution in [0.1, 0.15) is 13.3 Å². The van der Waals surface area contributed by atoms with Crippen LogP contribution in [-0.2, 0) is 10.2 Å². The molecule has 0 aliphatic carbocycles. The van der Waals surface area contributed by atoms with Gasteiger partial charge in [-0.3, -0.25) is 4.90 Å². The molecule has 1 heterocycles. The third-order valence-corrected chi connectivity index (χ3v) is 4.91.